The lowest BCUT2D eigenvalue weighted by molar-refractivity contribution is -0.894. The van der Waals surface area contributed by atoms with Crippen LogP contribution in [0.25, 0.3) is 10.2 Å². The summed E-state index contributed by atoms with van der Waals surface area (Å²) in [6, 6.07) is 13.7. The third kappa shape index (κ3) is 5.34. The Labute approximate surface area is 176 Å². The molecule has 0 fully saturated rings. The number of rotatable bonds is 9. The molecule has 0 aliphatic carbocycles. The second-order valence-corrected chi connectivity index (χ2v) is 8.29. The van der Waals surface area contributed by atoms with E-state index in [4.69, 9.17) is 9.72 Å². The maximum Gasteiger partial charge on any atom is 0.266 e. The van der Waals surface area contributed by atoms with Gasteiger partial charge in [0.2, 0.25) is 0 Å². The van der Waals surface area contributed by atoms with Crippen LogP contribution >= 0.6 is 11.3 Å². The number of carbonyl (C=O) groups excluding carboxylic acids is 1. The molecule has 1 heterocycles. The number of anilines is 1. The molecule has 2 aromatic carbocycles. The molecule has 0 radical (unpaired) electrons. The fraction of sp³-hybridized carbons (Fsp3) is 0.391. The Morgan fingerprint density at radius 1 is 1.14 bits per heavy atom. The van der Waals surface area contributed by atoms with E-state index in [2.05, 4.69) is 39.8 Å². The zero-order chi connectivity index (χ0) is 20.8. The number of carbonyl (C=O) groups is 1. The number of ether oxygens (including phenoxy) is 1. The Morgan fingerprint density at radius 3 is 2.55 bits per heavy atom. The summed E-state index contributed by atoms with van der Waals surface area (Å²) in [6.45, 7) is 12.1. The van der Waals surface area contributed by atoms with Crippen molar-refractivity contribution in [1.29, 1.82) is 0 Å². The topological polar surface area (TPSA) is 46.9 Å². The number of likely N-dealkylation sites (N-methyl/N-ethyl adjacent to an activating group) is 1. The normalized spacial score (nSPS) is 11.2. The Morgan fingerprint density at radius 2 is 1.86 bits per heavy atom. The number of hydrogen-bond donors (Lipinski definition) is 1. The maximum atomic E-state index is 13.1. The number of nitrogens with one attached hydrogen (secondary N) is 1. The molecule has 0 atom stereocenters. The molecule has 0 saturated carbocycles. The third-order valence-corrected chi connectivity index (χ3v) is 6.17. The van der Waals surface area contributed by atoms with Crippen LogP contribution in [0, 0.1) is 13.8 Å². The second-order valence-electron chi connectivity index (χ2n) is 7.28. The highest BCUT2D eigenvalue weighted by Crippen LogP contribution is 2.31. The SMILES string of the molecule is CC[NH+](CC)CCN(C(=O)COc1ccccc1)c1nc2c(C)cc(C)cc2s1. The first-order valence-electron chi connectivity index (χ1n) is 10.2. The molecule has 154 valence electrons. The fourth-order valence-corrected chi connectivity index (χ4v) is 4.60. The quantitative estimate of drug-likeness (QED) is 0.587. The molecule has 0 bridgehead atoms. The van der Waals surface area contributed by atoms with E-state index < -0.39 is 0 Å². The minimum absolute atomic E-state index is 0.00549. The largest absolute Gasteiger partial charge is 0.484 e. The second kappa shape index (κ2) is 9.85. The average molecular weight is 413 g/mol. The van der Waals surface area contributed by atoms with Gasteiger partial charge >= 0.3 is 0 Å². The molecular weight excluding hydrogens is 382 g/mol. The molecule has 3 aromatic rings. The molecule has 1 N–H and O–H groups in total. The predicted octanol–water partition coefficient (Wildman–Crippen LogP) is 3.25. The first-order valence-corrected chi connectivity index (χ1v) is 11.0. The number of benzene rings is 2. The van der Waals surface area contributed by atoms with E-state index in [1.165, 1.54) is 10.5 Å². The van der Waals surface area contributed by atoms with Gasteiger partial charge in [-0.15, -0.1) is 0 Å². The van der Waals surface area contributed by atoms with Gasteiger partial charge in [-0.05, 0) is 57.0 Å². The first kappa shape index (κ1) is 21.3. The summed E-state index contributed by atoms with van der Waals surface area (Å²) in [4.78, 5) is 21.2. The van der Waals surface area contributed by atoms with E-state index in [1.807, 2.05) is 30.3 Å². The lowest BCUT2D eigenvalue weighted by Gasteiger charge is -2.23. The number of quaternary nitrogens is 1. The minimum Gasteiger partial charge on any atom is -0.484 e. The Balaban J connectivity index is 1.83. The van der Waals surface area contributed by atoms with Crippen LogP contribution in [0.1, 0.15) is 25.0 Å². The van der Waals surface area contributed by atoms with Crippen LogP contribution < -0.4 is 14.5 Å². The molecular formula is C23H30N3O2S+. The summed E-state index contributed by atoms with van der Waals surface area (Å²) in [5.41, 5.74) is 3.33. The van der Waals surface area contributed by atoms with Gasteiger partial charge in [0, 0.05) is 0 Å². The highest BCUT2D eigenvalue weighted by atomic mass is 32.1. The van der Waals surface area contributed by atoms with Crippen molar-refractivity contribution in [3.8, 4) is 5.75 Å². The van der Waals surface area contributed by atoms with Crippen LogP contribution in [0.15, 0.2) is 42.5 Å². The van der Waals surface area contributed by atoms with Crippen molar-refractivity contribution in [1.82, 2.24) is 4.98 Å². The molecule has 0 aliphatic heterocycles. The summed E-state index contributed by atoms with van der Waals surface area (Å²) in [7, 11) is 0. The van der Waals surface area contributed by atoms with E-state index in [9.17, 15) is 4.79 Å². The van der Waals surface area contributed by atoms with Gasteiger partial charge in [-0.2, -0.15) is 0 Å². The maximum absolute atomic E-state index is 13.1. The number of para-hydroxylation sites is 1. The number of fused-ring (bicyclic) bond motifs is 1. The molecule has 0 spiro atoms. The summed E-state index contributed by atoms with van der Waals surface area (Å²) < 4.78 is 6.85. The van der Waals surface area contributed by atoms with Crippen LogP contribution in [-0.2, 0) is 4.79 Å². The van der Waals surface area contributed by atoms with Gasteiger partial charge in [-0.1, -0.05) is 35.6 Å². The Bertz CT molecular complexity index is 951. The lowest BCUT2D eigenvalue weighted by Crippen LogP contribution is -3.12. The molecule has 1 aromatic heterocycles. The molecule has 0 aliphatic rings. The molecule has 0 saturated heterocycles. The number of thiazole rings is 1. The highest BCUT2D eigenvalue weighted by molar-refractivity contribution is 7.22. The van der Waals surface area contributed by atoms with Gasteiger partial charge in [-0.25, -0.2) is 4.98 Å². The molecule has 0 unspecified atom stereocenters. The fourth-order valence-electron chi connectivity index (χ4n) is 3.41. The Hall–Kier alpha value is -2.44. The van der Waals surface area contributed by atoms with E-state index in [0.29, 0.717) is 12.3 Å². The smallest absolute Gasteiger partial charge is 0.266 e. The van der Waals surface area contributed by atoms with Crippen molar-refractivity contribution in [2.24, 2.45) is 0 Å². The lowest BCUT2D eigenvalue weighted by atomic mass is 10.1. The predicted molar refractivity (Wildman–Crippen MR) is 120 cm³/mol. The number of hydrogen-bond acceptors (Lipinski definition) is 4. The van der Waals surface area contributed by atoms with Crippen molar-refractivity contribution in [2.45, 2.75) is 27.7 Å². The standard InChI is InChI=1S/C23H29N3O2S/c1-5-25(6-2)12-13-26(21(27)16-28-19-10-8-7-9-11-19)23-24-22-18(4)14-17(3)15-20(22)29-23/h7-11,14-15H,5-6,12-13,16H2,1-4H3/p+1. The molecule has 3 rings (SSSR count). The summed E-state index contributed by atoms with van der Waals surface area (Å²) >= 11 is 1.58. The monoisotopic (exact) mass is 412 g/mol. The zero-order valence-corrected chi connectivity index (χ0v) is 18.5. The van der Waals surface area contributed by atoms with Crippen molar-refractivity contribution in [3.63, 3.8) is 0 Å². The summed E-state index contributed by atoms with van der Waals surface area (Å²) in [6.07, 6.45) is 0. The Kier molecular flexibility index (Phi) is 7.23. The van der Waals surface area contributed by atoms with Crippen molar-refractivity contribution >= 4 is 32.6 Å². The third-order valence-electron chi connectivity index (χ3n) is 5.14. The zero-order valence-electron chi connectivity index (χ0n) is 17.7. The summed E-state index contributed by atoms with van der Waals surface area (Å²) in [5.74, 6) is 0.639. The van der Waals surface area contributed by atoms with E-state index in [-0.39, 0.29) is 12.5 Å². The molecule has 29 heavy (non-hydrogen) atoms. The summed E-state index contributed by atoms with van der Waals surface area (Å²) in [5, 5.41) is 0.752. The van der Waals surface area contributed by atoms with Crippen LogP contribution in [0.5, 0.6) is 5.75 Å². The van der Waals surface area contributed by atoms with Gasteiger partial charge in [0.05, 0.1) is 36.4 Å². The van der Waals surface area contributed by atoms with E-state index >= 15 is 0 Å². The number of nitrogens with zero attached hydrogens (tertiary/aromatic N) is 2. The van der Waals surface area contributed by atoms with Crippen LogP contribution in [-0.4, -0.2) is 43.7 Å². The number of aromatic nitrogens is 1. The van der Waals surface area contributed by atoms with Crippen molar-refractivity contribution in [3.05, 3.63) is 53.6 Å². The van der Waals surface area contributed by atoms with Gasteiger partial charge in [0.1, 0.15) is 5.75 Å². The van der Waals surface area contributed by atoms with Crippen LogP contribution in [0.2, 0.25) is 0 Å². The minimum atomic E-state index is -0.0613. The first-order chi connectivity index (χ1) is 14.0. The molecule has 1 amide bonds. The highest BCUT2D eigenvalue weighted by Gasteiger charge is 2.22. The van der Waals surface area contributed by atoms with E-state index in [0.717, 1.165) is 40.5 Å². The van der Waals surface area contributed by atoms with Gasteiger partial charge in [-0.3, -0.25) is 9.69 Å². The van der Waals surface area contributed by atoms with Crippen LogP contribution in [0.4, 0.5) is 5.13 Å². The van der Waals surface area contributed by atoms with Gasteiger partial charge < -0.3 is 9.64 Å². The van der Waals surface area contributed by atoms with Crippen molar-refractivity contribution in [2.75, 3.05) is 37.7 Å². The molecule has 5 nitrogen and oxygen atoms in total. The number of amides is 1. The average Bonchev–Trinajstić information content (AvgIpc) is 3.14. The van der Waals surface area contributed by atoms with Crippen LogP contribution in [0.3, 0.4) is 0 Å². The van der Waals surface area contributed by atoms with Gasteiger partial charge in [0.25, 0.3) is 5.91 Å². The van der Waals surface area contributed by atoms with Gasteiger partial charge in [0.15, 0.2) is 11.7 Å². The molecule has 6 heteroatoms. The number of aryl methyl sites for hydroxylation is 2. The van der Waals surface area contributed by atoms with Crippen molar-refractivity contribution < 1.29 is 14.4 Å². The van der Waals surface area contributed by atoms with E-state index in [1.54, 1.807) is 16.2 Å².